The van der Waals surface area contributed by atoms with E-state index in [2.05, 4.69) is 48.0 Å². The summed E-state index contributed by atoms with van der Waals surface area (Å²) in [4.78, 5) is 24.5. The molecule has 0 atom stereocenters. The molecule has 0 unspecified atom stereocenters. The fourth-order valence-corrected chi connectivity index (χ4v) is 4.07. The van der Waals surface area contributed by atoms with E-state index in [0.717, 1.165) is 10.9 Å². The second-order valence-electron chi connectivity index (χ2n) is 6.93. The number of carbonyl (C=O) groups is 2. The molecule has 0 heterocycles. The molecule has 10 heteroatoms. The van der Waals surface area contributed by atoms with Gasteiger partial charge in [-0.25, -0.2) is 0 Å². The summed E-state index contributed by atoms with van der Waals surface area (Å²) < 4.78 is 12.8. The number of thiocarbonyl (C=S) groups is 1. The van der Waals surface area contributed by atoms with Crippen molar-refractivity contribution in [1.29, 1.82) is 0 Å². The summed E-state index contributed by atoms with van der Waals surface area (Å²) in [6, 6.07) is 22.1. The van der Waals surface area contributed by atoms with Crippen LogP contribution in [0.4, 0.5) is 0 Å². The summed E-state index contributed by atoms with van der Waals surface area (Å²) in [5, 5.41) is 2.45. The predicted molar refractivity (Wildman–Crippen MR) is 141 cm³/mol. The van der Waals surface area contributed by atoms with Gasteiger partial charge in [-0.3, -0.25) is 25.8 Å². The highest BCUT2D eigenvalue weighted by Gasteiger charge is 2.11. The third-order valence-corrected chi connectivity index (χ3v) is 5.71. The van der Waals surface area contributed by atoms with Crippen LogP contribution in [0.15, 0.2) is 81.7 Å². The molecule has 0 radical (unpaired) electrons. The summed E-state index contributed by atoms with van der Waals surface area (Å²) in [6.45, 7) is 0.242. The third-order valence-electron chi connectivity index (χ3n) is 4.39. The van der Waals surface area contributed by atoms with Gasteiger partial charge < -0.3 is 9.47 Å². The number of hydrogen-bond donors (Lipinski definition) is 3. The van der Waals surface area contributed by atoms with Gasteiger partial charge in [0.1, 0.15) is 11.5 Å². The Bertz CT molecular complexity index is 1160. The summed E-state index contributed by atoms with van der Waals surface area (Å²) in [7, 11) is 0. The Balaban J connectivity index is 1.40. The Labute approximate surface area is 219 Å². The maximum Gasteiger partial charge on any atom is 0.276 e. The maximum absolute atomic E-state index is 12.5. The molecule has 3 rings (SSSR count). The van der Waals surface area contributed by atoms with Crippen LogP contribution in [-0.2, 0) is 11.2 Å². The molecule has 0 aliphatic carbocycles. The number of ether oxygens (including phenoxy) is 2. The van der Waals surface area contributed by atoms with Gasteiger partial charge in [-0.05, 0) is 70.1 Å². The molecule has 34 heavy (non-hydrogen) atoms. The van der Waals surface area contributed by atoms with Crippen LogP contribution in [0, 0.1) is 0 Å². The minimum Gasteiger partial charge on any atom is -0.493 e. The predicted octanol–water partition coefficient (Wildman–Crippen LogP) is 4.55. The number of amides is 2. The van der Waals surface area contributed by atoms with Gasteiger partial charge in [0.25, 0.3) is 11.8 Å². The molecular formula is C24H21Br2N3O4S. The van der Waals surface area contributed by atoms with E-state index in [-0.39, 0.29) is 11.7 Å². The first-order valence-corrected chi connectivity index (χ1v) is 12.1. The molecule has 0 saturated carbocycles. The van der Waals surface area contributed by atoms with Crippen LogP contribution < -0.4 is 25.6 Å². The minimum atomic E-state index is -0.472. The summed E-state index contributed by atoms with van der Waals surface area (Å²) >= 11 is 11.8. The second kappa shape index (κ2) is 13.1. The zero-order chi connectivity index (χ0) is 24.3. The maximum atomic E-state index is 12.5. The standard InChI is InChI=1S/C24H21Br2N3O4S/c25-18-9-10-21(20(26)14-18)33-15-22(30)28-29-24(34)27-23(31)17-7-4-8-19(13-17)32-12-11-16-5-2-1-3-6-16/h1-10,13-14H,11-12,15H2,(H,28,30)(H2,27,29,31,34). The SMILES string of the molecule is O=C(COc1ccc(Br)cc1Br)NNC(=S)NC(=O)c1cccc(OCCc2ccccc2)c1. The van der Waals surface area contributed by atoms with Crippen molar-refractivity contribution in [3.05, 3.63) is 92.9 Å². The van der Waals surface area contributed by atoms with E-state index in [1.165, 1.54) is 5.56 Å². The quantitative estimate of drug-likeness (QED) is 0.258. The van der Waals surface area contributed by atoms with Crippen LogP contribution in [0.1, 0.15) is 15.9 Å². The van der Waals surface area contributed by atoms with E-state index >= 15 is 0 Å². The molecular weight excluding hydrogens is 586 g/mol. The lowest BCUT2D eigenvalue weighted by Gasteiger charge is -2.12. The monoisotopic (exact) mass is 605 g/mol. The van der Waals surface area contributed by atoms with Crippen LogP contribution in [0.25, 0.3) is 0 Å². The van der Waals surface area contributed by atoms with Crippen molar-refractivity contribution in [2.45, 2.75) is 6.42 Å². The smallest absolute Gasteiger partial charge is 0.276 e. The Morgan fingerprint density at radius 1 is 0.882 bits per heavy atom. The van der Waals surface area contributed by atoms with E-state index in [1.807, 2.05) is 30.3 Å². The molecule has 0 aliphatic heterocycles. The Hall–Kier alpha value is -2.95. The van der Waals surface area contributed by atoms with Gasteiger partial charge >= 0.3 is 0 Å². The van der Waals surface area contributed by atoms with E-state index in [1.54, 1.807) is 42.5 Å². The number of hydrazine groups is 1. The largest absolute Gasteiger partial charge is 0.493 e. The first kappa shape index (κ1) is 25.7. The number of carbonyl (C=O) groups excluding carboxylic acids is 2. The molecule has 2 amide bonds. The molecule has 0 aliphatic rings. The number of rotatable bonds is 8. The fourth-order valence-electron chi connectivity index (χ4n) is 2.76. The van der Waals surface area contributed by atoms with E-state index in [4.69, 9.17) is 21.7 Å². The molecule has 0 fully saturated rings. The molecule has 0 bridgehead atoms. The normalized spacial score (nSPS) is 10.2. The van der Waals surface area contributed by atoms with Gasteiger partial charge in [0, 0.05) is 16.5 Å². The molecule has 0 aromatic heterocycles. The van der Waals surface area contributed by atoms with E-state index in [9.17, 15) is 9.59 Å². The van der Waals surface area contributed by atoms with Gasteiger partial charge in [-0.2, -0.15) is 0 Å². The second-order valence-corrected chi connectivity index (χ2v) is 9.11. The highest BCUT2D eigenvalue weighted by molar-refractivity contribution is 9.11. The van der Waals surface area contributed by atoms with Crippen molar-refractivity contribution >= 4 is 61.0 Å². The number of hydrogen-bond acceptors (Lipinski definition) is 5. The molecule has 0 spiro atoms. The highest BCUT2D eigenvalue weighted by Crippen LogP contribution is 2.28. The van der Waals surface area contributed by atoms with Crippen LogP contribution in [-0.4, -0.2) is 30.1 Å². The van der Waals surface area contributed by atoms with Crippen molar-refractivity contribution in [2.24, 2.45) is 0 Å². The van der Waals surface area contributed by atoms with E-state index < -0.39 is 11.8 Å². The van der Waals surface area contributed by atoms with Gasteiger partial charge in [-0.1, -0.05) is 52.3 Å². The number of benzene rings is 3. The topological polar surface area (TPSA) is 88.7 Å². The van der Waals surface area contributed by atoms with Crippen molar-refractivity contribution < 1.29 is 19.1 Å². The molecule has 3 aromatic rings. The van der Waals surface area contributed by atoms with E-state index in [0.29, 0.717) is 28.1 Å². The van der Waals surface area contributed by atoms with Crippen LogP contribution >= 0.6 is 44.1 Å². The van der Waals surface area contributed by atoms with Crippen LogP contribution in [0.5, 0.6) is 11.5 Å². The zero-order valence-corrected chi connectivity index (χ0v) is 21.8. The summed E-state index contributed by atoms with van der Waals surface area (Å²) in [5.74, 6) is 0.183. The molecule has 3 N–H and O–H groups in total. The summed E-state index contributed by atoms with van der Waals surface area (Å²) in [6.07, 6.45) is 0.757. The zero-order valence-electron chi connectivity index (χ0n) is 17.8. The Morgan fingerprint density at radius 2 is 1.68 bits per heavy atom. The molecule has 176 valence electrons. The Morgan fingerprint density at radius 3 is 2.44 bits per heavy atom. The van der Waals surface area contributed by atoms with Gasteiger partial charge in [0.05, 0.1) is 11.1 Å². The van der Waals surface area contributed by atoms with Crippen molar-refractivity contribution in [3.8, 4) is 11.5 Å². The summed E-state index contributed by atoms with van der Waals surface area (Å²) in [5.41, 5.74) is 6.40. The fraction of sp³-hybridized carbons (Fsp3) is 0.125. The Kier molecular flexibility index (Phi) is 9.87. The first-order valence-electron chi connectivity index (χ1n) is 10.2. The first-order chi connectivity index (χ1) is 16.4. The van der Waals surface area contributed by atoms with Crippen LogP contribution in [0.2, 0.25) is 0 Å². The van der Waals surface area contributed by atoms with Gasteiger partial charge in [0.2, 0.25) is 0 Å². The van der Waals surface area contributed by atoms with Crippen molar-refractivity contribution in [1.82, 2.24) is 16.2 Å². The molecule has 7 nitrogen and oxygen atoms in total. The minimum absolute atomic E-state index is 0.0569. The molecule has 3 aromatic carbocycles. The molecule has 0 saturated heterocycles. The average Bonchev–Trinajstić information content (AvgIpc) is 2.83. The van der Waals surface area contributed by atoms with Crippen molar-refractivity contribution in [3.63, 3.8) is 0 Å². The van der Waals surface area contributed by atoms with Crippen LogP contribution in [0.3, 0.4) is 0 Å². The van der Waals surface area contributed by atoms with Crippen molar-refractivity contribution in [2.75, 3.05) is 13.2 Å². The van der Waals surface area contributed by atoms with Gasteiger partial charge in [-0.15, -0.1) is 0 Å². The number of halogens is 2. The highest BCUT2D eigenvalue weighted by atomic mass is 79.9. The third kappa shape index (κ3) is 8.44. The average molecular weight is 607 g/mol. The number of nitrogens with one attached hydrogen (secondary N) is 3. The van der Waals surface area contributed by atoms with Gasteiger partial charge in [0.15, 0.2) is 11.7 Å². The lowest BCUT2D eigenvalue weighted by Crippen LogP contribution is -2.49. The lowest BCUT2D eigenvalue weighted by atomic mass is 10.2. The lowest BCUT2D eigenvalue weighted by molar-refractivity contribution is -0.123.